The normalized spacial score (nSPS) is 34.9. The maximum Gasteiger partial charge on any atom is 0.130 e. The first kappa shape index (κ1) is 15.3. The van der Waals surface area contributed by atoms with Crippen LogP contribution in [0, 0.1) is 11.7 Å². The third-order valence-corrected chi connectivity index (χ3v) is 5.59. The maximum absolute atomic E-state index is 13.8. The molecule has 3 unspecified atom stereocenters. The molecule has 0 saturated carbocycles. The van der Waals surface area contributed by atoms with Crippen LogP contribution >= 0.6 is 11.6 Å². The summed E-state index contributed by atoms with van der Waals surface area (Å²) in [5.74, 6) is 0.153. The Morgan fingerprint density at radius 1 is 1.43 bits per heavy atom. The van der Waals surface area contributed by atoms with Crippen molar-refractivity contribution >= 4 is 11.6 Å². The predicted octanol–water partition coefficient (Wildman–Crippen LogP) is 4.73. The summed E-state index contributed by atoms with van der Waals surface area (Å²) in [6.45, 7) is 6.70. The number of hydrogen-bond donors (Lipinski definition) is 0. The zero-order valence-corrected chi connectivity index (χ0v) is 13.5. The van der Waals surface area contributed by atoms with Crippen LogP contribution in [0.5, 0.6) is 0 Å². The lowest BCUT2D eigenvalue weighted by Gasteiger charge is -2.31. The van der Waals surface area contributed by atoms with Gasteiger partial charge in [0, 0.05) is 17.0 Å². The molecule has 2 aliphatic heterocycles. The number of fused-ring (bicyclic) bond motifs is 2. The zero-order valence-electron chi connectivity index (χ0n) is 12.8. The molecular formula is C17H22ClFO2. The second-order valence-electron chi connectivity index (χ2n) is 6.84. The fraction of sp³-hybridized carbons (Fsp3) is 0.647. The van der Waals surface area contributed by atoms with Crippen molar-refractivity contribution in [3.63, 3.8) is 0 Å². The molecule has 3 atom stereocenters. The average Bonchev–Trinajstić information content (AvgIpc) is 2.90. The Hall–Kier alpha value is -0.640. The first-order chi connectivity index (χ1) is 9.86. The molecule has 2 aliphatic rings. The molecule has 0 spiro atoms. The van der Waals surface area contributed by atoms with Crippen molar-refractivity contribution in [3.8, 4) is 0 Å². The highest BCUT2D eigenvalue weighted by Crippen LogP contribution is 2.55. The third-order valence-electron chi connectivity index (χ3n) is 5.24. The maximum atomic E-state index is 13.8. The minimum absolute atomic E-state index is 0.00400. The van der Waals surface area contributed by atoms with Crippen molar-refractivity contribution in [1.82, 2.24) is 0 Å². The molecule has 2 bridgehead atoms. The number of ether oxygens (including phenoxy) is 2. The molecule has 2 saturated heterocycles. The Labute approximate surface area is 130 Å². The summed E-state index contributed by atoms with van der Waals surface area (Å²) >= 11 is 6.06. The van der Waals surface area contributed by atoms with Gasteiger partial charge in [-0.25, -0.2) is 4.39 Å². The molecule has 2 heterocycles. The summed E-state index contributed by atoms with van der Waals surface area (Å²) in [6.07, 6.45) is 2.97. The van der Waals surface area contributed by atoms with Crippen LogP contribution in [0.1, 0.15) is 45.6 Å². The van der Waals surface area contributed by atoms with Crippen LogP contribution < -0.4 is 0 Å². The standard InChI is InChI=1S/C17H22ClFO2/c1-11(2)17-8-7-16(3,21-17)15(9-17)20-10-12-13(18)5-4-6-14(12)19/h4-6,11,15H,7-10H2,1-3H3. The van der Waals surface area contributed by atoms with Crippen LogP contribution in [0.3, 0.4) is 0 Å². The van der Waals surface area contributed by atoms with Crippen molar-refractivity contribution in [2.45, 2.75) is 63.9 Å². The monoisotopic (exact) mass is 312 g/mol. The van der Waals surface area contributed by atoms with Crippen LogP contribution in [-0.4, -0.2) is 17.3 Å². The number of halogens is 2. The van der Waals surface area contributed by atoms with Gasteiger partial charge >= 0.3 is 0 Å². The van der Waals surface area contributed by atoms with E-state index in [4.69, 9.17) is 21.1 Å². The van der Waals surface area contributed by atoms with Gasteiger partial charge in [-0.1, -0.05) is 31.5 Å². The molecule has 0 N–H and O–H groups in total. The fourth-order valence-corrected chi connectivity index (χ4v) is 3.88. The number of rotatable bonds is 4. The predicted molar refractivity (Wildman–Crippen MR) is 80.9 cm³/mol. The van der Waals surface area contributed by atoms with Crippen LogP contribution in [0.15, 0.2) is 18.2 Å². The first-order valence-corrected chi connectivity index (χ1v) is 7.99. The van der Waals surface area contributed by atoms with Crippen molar-refractivity contribution in [3.05, 3.63) is 34.6 Å². The number of hydrogen-bond acceptors (Lipinski definition) is 2. The SMILES string of the molecule is CC(C)C12CCC(C)(O1)C(OCc1c(F)cccc1Cl)C2. The second kappa shape index (κ2) is 5.22. The molecule has 21 heavy (non-hydrogen) atoms. The van der Waals surface area contributed by atoms with E-state index in [-0.39, 0.29) is 29.7 Å². The number of benzene rings is 1. The van der Waals surface area contributed by atoms with E-state index in [1.54, 1.807) is 12.1 Å². The third kappa shape index (κ3) is 2.49. The molecule has 0 amide bonds. The van der Waals surface area contributed by atoms with E-state index in [1.807, 2.05) is 0 Å². The lowest BCUT2D eigenvalue weighted by Crippen LogP contribution is -2.38. The lowest BCUT2D eigenvalue weighted by atomic mass is 9.75. The minimum Gasteiger partial charge on any atom is -0.370 e. The van der Waals surface area contributed by atoms with Crippen molar-refractivity contribution in [1.29, 1.82) is 0 Å². The van der Waals surface area contributed by atoms with Crippen LogP contribution in [0.4, 0.5) is 4.39 Å². The van der Waals surface area contributed by atoms with Gasteiger partial charge in [-0.15, -0.1) is 0 Å². The molecule has 3 rings (SSSR count). The lowest BCUT2D eigenvalue weighted by molar-refractivity contribution is -0.0962. The Kier molecular flexibility index (Phi) is 3.79. The Morgan fingerprint density at radius 3 is 2.81 bits per heavy atom. The van der Waals surface area contributed by atoms with Gasteiger partial charge in [0.15, 0.2) is 0 Å². The quantitative estimate of drug-likeness (QED) is 0.800. The summed E-state index contributed by atoms with van der Waals surface area (Å²) in [5, 5.41) is 0.419. The van der Waals surface area contributed by atoms with Gasteiger partial charge in [0.25, 0.3) is 0 Å². The molecule has 1 aromatic rings. The summed E-state index contributed by atoms with van der Waals surface area (Å²) in [7, 11) is 0. The molecule has 2 nitrogen and oxygen atoms in total. The molecule has 1 aromatic carbocycles. The van der Waals surface area contributed by atoms with E-state index in [0.717, 1.165) is 19.3 Å². The van der Waals surface area contributed by atoms with Crippen LogP contribution in [-0.2, 0) is 16.1 Å². The summed E-state index contributed by atoms with van der Waals surface area (Å²) in [6, 6.07) is 4.72. The van der Waals surface area contributed by atoms with Gasteiger partial charge in [0.1, 0.15) is 5.82 Å². The zero-order chi connectivity index (χ0) is 15.3. The summed E-state index contributed by atoms with van der Waals surface area (Å²) < 4.78 is 26.1. The topological polar surface area (TPSA) is 18.5 Å². The molecule has 116 valence electrons. The van der Waals surface area contributed by atoms with Gasteiger partial charge in [-0.2, -0.15) is 0 Å². The summed E-state index contributed by atoms with van der Waals surface area (Å²) in [4.78, 5) is 0. The highest BCUT2D eigenvalue weighted by Gasteiger charge is 2.60. The second-order valence-corrected chi connectivity index (χ2v) is 7.25. The highest BCUT2D eigenvalue weighted by molar-refractivity contribution is 6.31. The molecule has 0 aliphatic carbocycles. The van der Waals surface area contributed by atoms with E-state index in [2.05, 4.69) is 20.8 Å². The Balaban J connectivity index is 1.73. The van der Waals surface area contributed by atoms with Crippen molar-refractivity contribution in [2.75, 3.05) is 0 Å². The Morgan fingerprint density at radius 2 is 2.19 bits per heavy atom. The van der Waals surface area contributed by atoms with Gasteiger partial charge in [0.05, 0.1) is 23.9 Å². The molecule has 0 aromatic heterocycles. The van der Waals surface area contributed by atoms with E-state index >= 15 is 0 Å². The first-order valence-electron chi connectivity index (χ1n) is 7.61. The van der Waals surface area contributed by atoms with Crippen molar-refractivity contribution in [2.24, 2.45) is 5.92 Å². The van der Waals surface area contributed by atoms with Gasteiger partial charge < -0.3 is 9.47 Å². The molecule has 0 radical (unpaired) electrons. The molecular weight excluding hydrogens is 291 g/mol. The van der Waals surface area contributed by atoms with E-state index in [0.29, 0.717) is 16.5 Å². The van der Waals surface area contributed by atoms with Gasteiger partial charge in [-0.3, -0.25) is 0 Å². The van der Waals surface area contributed by atoms with Gasteiger partial charge in [0.2, 0.25) is 0 Å². The molecule has 2 fully saturated rings. The fourth-order valence-electron chi connectivity index (χ4n) is 3.66. The van der Waals surface area contributed by atoms with Crippen LogP contribution in [0.2, 0.25) is 5.02 Å². The molecule has 4 heteroatoms. The Bertz CT molecular complexity index is 527. The van der Waals surface area contributed by atoms with E-state index in [1.165, 1.54) is 6.07 Å². The largest absolute Gasteiger partial charge is 0.370 e. The van der Waals surface area contributed by atoms with E-state index < -0.39 is 0 Å². The van der Waals surface area contributed by atoms with Gasteiger partial charge in [-0.05, 0) is 37.8 Å². The average molecular weight is 313 g/mol. The van der Waals surface area contributed by atoms with E-state index in [9.17, 15) is 4.39 Å². The highest BCUT2D eigenvalue weighted by atomic mass is 35.5. The smallest absolute Gasteiger partial charge is 0.130 e. The minimum atomic E-state index is -0.310. The summed E-state index contributed by atoms with van der Waals surface area (Å²) in [5.41, 5.74) is 0.115. The van der Waals surface area contributed by atoms with Crippen molar-refractivity contribution < 1.29 is 13.9 Å². The van der Waals surface area contributed by atoms with Crippen LogP contribution in [0.25, 0.3) is 0 Å².